The van der Waals surface area contributed by atoms with Crippen LogP contribution in [0.5, 0.6) is 0 Å². The van der Waals surface area contributed by atoms with Gasteiger partial charge in [-0.3, -0.25) is 0 Å². The van der Waals surface area contributed by atoms with Crippen LogP contribution in [0.1, 0.15) is 27.2 Å². The molecule has 0 aliphatic rings. The molecule has 80 valence electrons. The van der Waals surface area contributed by atoms with Gasteiger partial charge in [-0.05, 0) is 30.9 Å². The first-order chi connectivity index (χ1) is 6.00. The molecule has 0 amide bonds. The van der Waals surface area contributed by atoms with Crippen molar-refractivity contribution in [3.8, 4) is 0 Å². The van der Waals surface area contributed by atoms with Gasteiger partial charge in [-0.25, -0.2) is 0 Å². The average molecular weight is 226 g/mol. The zero-order valence-electron chi connectivity index (χ0n) is 8.20. The fourth-order valence-corrected chi connectivity index (χ4v) is 0.334. The number of aliphatic hydroxyl groups is 2. The number of aliphatic hydroxyl groups excluding tert-OH is 2. The minimum atomic E-state index is -0.500. The minimum Gasteiger partial charge on any atom is -0.487 e. The normalized spacial score (nSPS) is 6.69. The van der Waals surface area contributed by atoms with Crippen molar-refractivity contribution in [3.05, 3.63) is 0 Å². The summed E-state index contributed by atoms with van der Waals surface area (Å²) in [5, 5.41) is 17.8. The van der Waals surface area contributed by atoms with E-state index < -0.39 is 5.17 Å². The van der Waals surface area contributed by atoms with Crippen LogP contribution in [0, 0.1) is 0 Å². The van der Waals surface area contributed by atoms with Crippen LogP contribution in [-0.2, 0) is 0 Å². The molecule has 0 saturated heterocycles. The lowest BCUT2D eigenvalue weighted by Gasteiger charge is -1.95. The van der Waals surface area contributed by atoms with E-state index in [9.17, 15) is 0 Å². The highest BCUT2D eigenvalue weighted by Gasteiger charge is 1.81. The second-order valence-electron chi connectivity index (χ2n) is 1.57. The Hall–Kier alpha value is -0.620. The Balaban J connectivity index is -0.000000142. The molecule has 0 rings (SSSR count). The van der Waals surface area contributed by atoms with Gasteiger partial charge in [0.05, 0.1) is 0 Å². The Kier molecular flexibility index (Phi) is 24.5. The van der Waals surface area contributed by atoms with Gasteiger partial charge >= 0.3 is 0 Å². The number of nitrogens with one attached hydrogen (secondary N) is 1. The van der Waals surface area contributed by atoms with Crippen LogP contribution in [-0.4, -0.2) is 27.1 Å². The first-order valence-electron chi connectivity index (χ1n) is 3.95. The molecule has 0 aliphatic heterocycles. The summed E-state index contributed by atoms with van der Waals surface area (Å²) in [4.78, 5) is 0. The van der Waals surface area contributed by atoms with Crippen LogP contribution in [0.2, 0.25) is 0 Å². The van der Waals surface area contributed by atoms with Crippen molar-refractivity contribution in [1.29, 1.82) is 0 Å². The summed E-state index contributed by atoms with van der Waals surface area (Å²) in [5.74, 6) is 0. The maximum absolute atomic E-state index is 8.30. The maximum Gasteiger partial charge on any atom is 0.254 e. The average Bonchev–Trinajstić information content (AvgIpc) is 2.03. The number of thiocarbonyl (C=S) groups is 2. The molecule has 4 nitrogen and oxygen atoms in total. The molecular formula is C7H18N2O2S2. The third-order valence-corrected chi connectivity index (χ3v) is 0.671. The fraction of sp³-hybridized carbons (Fsp3) is 0.714. The van der Waals surface area contributed by atoms with E-state index in [1.165, 1.54) is 0 Å². The lowest BCUT2D eigenvalue weighted by atomic mass is 10.5. The van der Waals surface area contributed by atoms with Crippen molar-refractivity contribution < 1.29 is 10.2 Å². The van der Waals surface area contributed by atoms with Gasteiger partial charge in [-0.2, -0.15) is 0 Å². The molecule has 0 aliphatic carbocycles. The number of nitrogens with two attached hydrogens (primary N) is 1. The van der Waals surface area contributed by atoms with Crippen molar-refractivity contribution in [2.24, 2.45) is 5.73 Å². The molecule has 0 heterocycles. The molecule has 6 heteroatoms. The molecular weight excluding hydrogens is 208 g/mol. The Bertz CT molecular complexity index is 128. The van der Waals surface area contributed by atoms with Gasteiger partial charge in [0.15, 0.2) is 0 Å². The van der Waals surface area contributed by atoms with E-state index in [2.05, 4.69) is 35.5 Å². The first-order valence-corrected chi connectivity index (χ1v) is 4.77. The standard InChI is InChI=1S/C4H9NOS.C2H6.CH3NOS/c1-2-3-5-4(6)7;1-2;2-1(3)4/h2-3H2,1H3,(H2,5,6,7);1-2H3;(H3,2,3,4). The number of hydrogen-bond acceptors (Lipinski definition) is 2. The lowest BCUT2D eigenvalue weighted by molar-refractivity contribution is 0.530. The summed E-state index contributed by atoms with van der Waals surface area (Å²) in [6.07, 6.45) is 0.987. The smallest absolute Gasteiger partial charge is 0.254 e. The molecule has 0 spiro atoms. The van der Waals surface area contributed by atoms with E-state index >= 15 is 0 Å². The largest absolute Gasteiger partial charge is 0.487 e. The molecule has 0 fully saturated rings. The molecule has 0 radical (unpaired) electrons. The second-order valence-corrected chi connectivity index (χ2v) is 2.38. The van der Waals surface area contributed by atoms with Crippen LogP contribution in [0.4, 0.5) is 0 Å². The predicted octanol–water partition coefficient (Wildman–Crippen LogP) is 1.64. The molecule has 0 aromatic carbocycles. The predicted molar refractivity (Wildman–Crippen MR) is 64.3 cm³/mol. The lowest BCUT2D eigenvalue weighted by Crippen LogP contribution is -2.20. The SMILES string of the molecule is CC.CCCNC(O)=S.NC(O)=S. The molecule has 0 saturated carbocycles. The van der Waals surface area contributed by atoms with E-state index in [0.29, 0.717) is 0 Å². The quantitative estimate of drug-likeness (QED) is 0.536. The minimum absolute atomic E-state index is 0.109. The monoisotopic (exact) mass is 226 g/mol. The second kappa shape index (κ2) is 17.5. The van der Waals surface area contributed by atoms with Crippen molar-refractivity contribution in [3.63, 3.8) is 0 Å². The number of hydrogen-bond donors (Lipinski definition) is 4. The zero-order chi connectivity index (χ0) is 11.3. The van der Waals surface area contributed by atoms with Crippen molar-refractivity contribution >= 4 is 34.8 Å². The van der Waals surface area contributed by atoms with Gasteiger partial charge in [-0.15, -0.1) is 0 Å². The molecule has 0 atom stereocenters. The summed E-state index contributed by atoms with van der Waals surface area (Å²) in [6, 6.07) is 0. The van der Waals surface area contributed by atoms with Gasteiger partial charge in [0, 0.05) is 6.54 Å². The Morgan fingerprint density at radius 2 is 1.62 bits per heavy atom. The third kappa shape index (κ3) is 87.6. The summed E-state index contributed by atoms with van der Waals surface area (Å²) < 4.78 is 0. The van der Waals surface area contributed by atoms with E-state index in [4.69, 9.17) is 10.2 Å². The molecule has 0 unspecified atom stereocenters. The fourth-order valence-electron chi connectivity index (χ4n) is 0.232. The highest BCUT2D eigenvalue weighted by atomic mass is 32.1. The summed E-state index contributed by atoms with van der Waals surface area (Å²) in [7, 11) is 0. The van der Waals surface area contributed by atoms with Gasteiger partial charge in [-0.1, -0.05) is 20.8 Å². The van der Waals surface area contributed by atoms with Crippen molar-refractivity contribution in [2.45, 2.75) is 27.2 Å². The molecule has 0 aromatic rings. The molecule has 0 bridgehead atoms. The zero-order valence-corrected chi connectivity index (χ0v) is 9.84. The summed E-state index contributed by atoms with van der Waals surface area (Å²) >= 11 is 8.18. The Morgan fingerprint density at radius 3 is 1.69 bits per heavy atom. The van der Waals surface area contributed by atoms with Crippen LogP contribution >= 0.6 is 24.4 Å². The van der Waals surface area contributed by atoms with E-state index in [-0.39, 0.29) is 5.17 Å². The highest BCUT2D eigenvalue weighted by molar-refractivity contribution is 7.80. The summed E-state index contributed by atoms with van der Waals surface area (Å²) in [6.45, 7) is 6.76. The van der Waals surface area contributed by atoms with E-state index in [0.717, 1.165) is 13.0 Å². The van der Waals surface area contributed by atoms with Gasteiger partial charge in [0.1, 0.15) is 0 Å². The Morgan fingerprint density at radius 1 is 1.31 bits per heavy atom. The van der Waals surface area contributed by atoms with E-state index in [1.807, 2.05) is 20.8 Å². The molecule has 13 heavy (non-hydrogen) atoms. The Labute approximate surface area is 90.1 Å². The maximum atomic E-state index is 8.30. The van der Waals surface area contributed by atoms with Crippen LogP contribution in [0.3, 0.4) is 0 Å². The van der Waals surface area contributed by atoms with Crippen molar-refractivity contribution in [1.82, 2.24) is 5.32 Å². The molecule has 0 aromatic heterocycles. The summed E-state index contributed by atoms with van der Waals surface area (Å²) in [5.41, 5.74) is 4.40. The molecule has 5 N–H and O–H groups in total. The van der Waals surface area contributed by atoms with E-state index in [1.54, 1.807) is 0 Å². The van der Waals surface area contributed by atoms with Gasteiger partial charge in [0.25, 0.3) is 10.3 Å². The first kappa shape index (κ1) is 18.2. The van der Waals surface area contributed by atoms with Crippen LogP contribution in [0.25, 0.3) is 0 Å². The highest BCUT2D eigenvalue weighted by Crippen LogP contribution is 1.68. The van der Waals surface area contributed by atoms with Crippen LogP contribution < -0.4 is 11.1 Å². The number of rotatable bonds is 2. The van der Waals surface area contributed by atoms with Gasteiger partial charge in [0.2, 0.25) is 0 Å². The third-order valence-electron chi connectivity index (χ3n) is 0.526. The van der Waals surface area contributed by atoms with Gasteiger partial charge < -0.3 is 21.3 Å². The van der Waals surface area contributed by atoms with Crippen molar-refractivity contribution in [2.75, 3.05) is 6.54 Å². The topological polar surface area (TPSA) is 78.5 Å². The van der Waals surface area contributed by atoms with Crippen LogP contribution in [0.15, 0.2) is 0 Å².